The van der Waals surface area contributed by atoms with Crippen LogP contribution in [0.4, 0.5) is 4.39 Å². The Bertz CT molecular complexity index is 524. The summed E-state index contributed by atoms with van der Waals surface area (Å²) in [6.07, 6.45) is 6.25. The molecule has 0 radical (unpaired) electrons. The summed E-state index contributed by atoms with van der Waals surface area (Å²) >= 11 is -2.98. The molecule has 2 bridgehead atoms. The van der Waals surface area contributed by atoms with Gasteiger partial charge in [0.1, 0.15) is 0 Å². The second kappa shape index (κ2) is 5.41. The SMILES string of the molecule is C=CC(F)(C(=O)OCC12CC(C)CC3CC(C1)C2C3)S(=O)O. The van der Waals surface area contributed by atoms with Gasteiger partial charge in [0.2, 0.25) is 11.1 Å². The van der Waals surface area contributed by atoms with Crippen molar-refractivity contribution >= 4 is 17.0 Å². The van der Waals surface area contributed by atoms with Crippen molar-refractivity contribution in [1.82, 2.24) is 0 Å². The second-order valence-electron chi connectivity index (χ2n) is 7.49. The molecule has 3 saturated carbocycles. The Morgan fingerprint density at radius 3 is 2.86 bits per heavy atom. The lowest BCUT2D eigenvalue weighted by molar-refractivity contribution is -0.164. The molecule has 0 aliphatic heterocycles. The van der Waals surface area contributed by atoms with Gasteiger partial charge in [-0.1, -0.05) is 13.5 Å². The molecule has 7 atom stereocenters. The molecule has 0 saturated heterocycles. The van der Waals surface area contributed by atoms with E-state index in [-0.39, 0.29) is 12.0 Å². The average Bonchev–Trinajstić information content (AvgIpc) is 2.73. The first-order valence-electron chi connectivity index (χ1n) is 7.91. The Kier molecular flexibility index (Phi) is 3.96. The summed E-state index contributed by atoms with van der Waals surface area (Å²) < 4.78 is 39.3. The molecule has 22 heavy (non-hydrogen) atoms. The fraction of sp³-hybridized carbons (Fsp3) is 0.812. The van der Waals surface area contributed by atoms with Gasteiger partial charge in [-0.25, -0.2) is 13.4 Å². The van der Waals surface area contributed by atoms with Gasteiger partial charge in [-0.2, -0.15) is 0 Å². The second-order valence-corrected chi connectivity index (χ2v) is 8.58. The van der Waals surface area contributed by atoms with Crippen LogP contribution in [0.1, 0.15) is 39.0 Å². The Morgan fingerprint density at radius 1 is 1.50 bits per heavy atom. The highest BCUT2D eigenvalue weighted by Gasteiger charge is 2.60. The summed E-state index contributed by atoms with van der Waals surface area (Å²) in [5.74, 6) is 1.35. The lowest BCUT2D eigenvalue weighted by Crippen LogP contribution is -2.51. The monoisotopic (exact) mass is 330 g/mol. The van der Waals surface area contributed by atoms with Gasteiger partial charge in [0.25, 0.3) is 0 Å². The van der Waals surface area contributed by atoms with Gasteiger partial charge in [0, 0.05) is 5.41 Å². The van der Waals surface area contributed by atoms with E-state index in [1.807, 2.05) is 0 Å². The molecule has 3 aliphatic rings. The Labute approximate surface area is 132 Å². The summed E-state index contributed by atoms with van der Waals surface area (Å²) in [4.78, 5) is 11.9. The van der Waals surface area contributed by atoms with Crippen molar-refractivity contribution in [3.63, 3.8) is 0 Å². The molecule has 0 spiro atoms. The first-order valence-corrected chi connectivity index (χ1v) is 9.02. The van der Waals surface area contributed by atoms with Gasteiger partial charge in [-0.15, -0.1) is 0 Å². The molecule has 0 amide bonds. The average molecular weight is 330 g/mol. The number of ether oxygens (including phenoxy) is 1. The zero-order chi connectivity index (χ0) is 16.1. The quantitative estimate of drug-likeness (QED) is 0.478. The summed E-state index contributed by atoms with van der Waals surface area (Å²) in [5.41, 5.74) is -0.0516. The molecule has 1 N–H and O–H groups in total. The summed E-state index contributed by atoms with van der Waals surface area (Å²) in [6, 6.07) is 0. The predicted octanol–water partition coefficient (Wildman–Crippen LogP) is 3.07. The normalized spacial score (nSPS) is 43.4. The van der Waals surface area contributed by atoms with Gasteiger partial charge >= 0.3 is 11.0 Å². The smallest absolute Gasteiger partial charge is 0.364 e. The summed E-state index contributed by atoms with van der Waals surface area (Å²) in [5, 5.41) is -3.03. The van der Waals surface area contributed by atoms with Crippen molar-refractivity contribution in [3.8, 4) is 0 Å². The Hall–Kier alpha value is -0.750. The van der Waals surface area contributed by atoms with E-state index >= 15 is 0 Å². The first-order chi connectivity index (χ1) is 10.3. The third-order valence-electron chi connectivity index (χ3n) is 6.02. The molecule has 0 aromatic carbocycles. The van der Waals surface area contributed by atoms with E-state index in [1.165, 1.54) is 19.3 Å². The maximum Gasteiger partial charge on any atom is 0.364 e. The highest BCUT2D eigenvalue weighted by molar-refractivity contribution is 7.81. The molecule has 7 unspecified atom stereocenters. The van der Waals surface area contributed by atoms with Crippen molar-refractivity contribution < 1.29 is 22.7 Å². The van der Waals surface area contributed by atoms with Gasteiger partial charge in [-0.05, 0) is 61.9 Å². The third kappa shape index (κ3) is 2.35. The van der Waals surface area contributed by atoms with Crippen molar-refractivity contribution in [2.75, 3.05) is 6.61 Å². The lowest BCUT2D eigenvalue weighted by atomic mass is 9.52. The minimum atomic E-state index is -3.03. The van der Waals surface area contributed by atoms with Crippen molar-refractivity contribution in [2.45, 2.75) is 44.0 Å². The van der Waals surface area contributed by atoms with E-state index in [1.54, 1.807) is 0 Å². The van der Waals surface area contributed by atoms with E-state index in [0.29, 0.717) is 17.9 Å². The van der Waals surface area contributed by atoms with Crippen molar-refractivity contribution in [2.24, 2.45) is 29.1 Å². The third-order valence-corrected chi connectivity index (χ3v) is 6.87. The molecule has 0 aromatic heterocycles. The molecule has 0 heterocycles. The van der Waals surface area contributed by atoms with Gasteiger partial charge in [0.05, 0.1) is 6.61 Å². The van der Waals surface area contributed by atoms with Gasteiger partial charge in [0.15, 0.2) is 0 Å². The largest absolute Gasteiger partial charge is 0.462 e. The van der Waals surface area contributed by atoms with Gasteiger partial charge in [-0.3, -0.25) is 0 Å². The minimum Gasteiger partial charge on any atom is -0.462 e. The standard InChI is InChI=1S/C16H23FO4S/c1-3-16(17,22(19)20)14(18)21-9-15-7-10(2)4-11-5-12(8-15)13(15)6-11/h3,10-13H,1,4-9H2,2H3,(H,19,20). The highest BCUT2D eigenvalue weighted by atomic mass is 32.2. The van der Waals surface area contributed by atoms with Gasteiger partial charge < -0.3 is 9.29 Å². The zero-order valence-corrected chi connectivity index (χ0v) is 13.6. The number of rotatable bonds is 5. The summed E-state index contributed by atoms with van der Waals surface area (Å²) in [7, 11) is 0. The van der Waals surface area contributed by atoms with Crippen LogP contribution in [0.3, 0.4) is 0 Å². The number of esters is 1. The molecule has 124 valence electrons. The van der Waals surface area contributed by atoms with Crippen LogP contribution in [0, 0.1) is 29.1 Å². The molecule has 3 rings (SSSR count). The van der Waals surface area contributed by atoms with Crippen LogP contribution in [-0.4, -0.2) is 26.3 Å². The Balaban J connectivity index is 1.69. The van der Waals surface area contributed by atoms with Crippen LogP contribution in [0.15, 0.2) is 12.7 Å². The van der Waals surface area contributed by atoms with Crippen LogP contribution in [0.25, 0.3) is 0 Å². The fourth-order valence-corrected chi connectivity index (χ4v) is 5.60. The maximum absolute atomic E-state index is 14.1. The number of halogens is 1. The van der Waals surface area contributed by atoms with Crippen LogP contribution in [0.2, 0.25) is 0 Å². The van der Waals surface area contributed by atoms with E-state index in [0.717, 1.165) is 24.7 Å². The molecule has 4 nitrogen and oxygen atoms in total. The Morgan fingerprint density at radius 2 is 2.23 bits per heavy atom. The number of fused-ring (bicyclic) bond motifs is 1. The molecule has 0 aromatic rings. The molecule has 3 fully saturated rings. The zero-order valence-electron chi connectivity index (χ0n) is 12.8. The van der Waals surface area contributed by atoms with Crippen LogP contribution in [0.5, 0.6) is 0 Å². The minimum absolute atomic E-state index is 0.0516. The molecule has 6 heteroatoms. The predicted molar refractivity (Wildman–Crippen MR) is 80.9 cm³/mol. The number of alkyl halides is 1. The van der Waals surface area contributed by atoms with E-state index < -0.39 is 22.1 Å². The van der Waals surface area contributed by atoms with E-state index in [4.69, 9.17) is 9.29 Å². The van der Waals surface area contributed by atoms with E-state index in [9.17, 15) is 13.4 Å². The number of hydrogen-bond acceptors (Lipinski definition) is 3. The lowest BCUT2D eigenvalue weighted by Gasteiger charge is -2.53. The van der Waals surface area contributed by atoms with Crippen LogP contribution < -0.4 is 0 Å². The number of carbonyl (C=O) groups is 1. The maximum atomic E-state index is 14.1. The van der Waals surface area contributed by atoms with Crippen LogP contribution in [-0.2, 0) is 20.6 Å². The summed E-state index contributed by atoms with van der Waals surface area (Å²) in [6.45, 7) is 5.51. The van der Waals surface area contributed by atoms with Crippen molar-refractivity contribution in [1.29, 1.82) is 0 Å². The van der Waals surface area contributed by atoms with Crippen molar-refractivity contribution in [3.05, 3.63) is 12.7 Å². The molecule has 3 aliphatic carbocycles. The van der Waals surface area contributed by atoms with Crippen LogP contribution >= 0.6 is 0 Å². The number of carbonyl (C=O) groups excluding carboxylic acids is 1. The van der Waals surface area contributed by atoms with E-state index in [2.05, 4.69) is 13.5 Å². The fourth-order valence-electron chi connectivity index (χ4n) is 5.26. The molecular formula is C16H23FO4S. The topological polar surface area (TPSA) is 63.6 Å². The first kappa shape index (κ1) is 16.1. The highest BCUT2D eigenvalue weighted by Crippen LogP contribution is 2.66. The molecular weight excluding hydrogens is 307 g/mol. The number of hydrogen-bond donors (Lipinski definition) is 1.